The molecule has 4 nitrogen and oxygen atoms in total. The van der Waals surface area contributed by atoms with E-state index in [9.17, 15) is 18.7 Å². The van der Waals surface area contributed by atoms with Crippen molar-refractivity contribution in [3.8, 4) is 5.75 Å². The minimum Gasteiger partial charge on any atom is -0.490 e. The Kier molecular flexibility index (Phi) is 4.31. The molecule has 3 rings (SSSR count). The summed E-state index contributed by atoms with van der Waals surface area (Å²) < 4.78 is 36.7. The first-order valence-electron chi connectivity index (χ1n) is 7.24. The van der Waals surface area contributed by atoms with Crippen LogP contribution in [0.5, 0.6) is 5.75 Å². The maximum absolute atomic E-state index is 13.2. The quantitative estimate of drug-likeness (QED) is 0.743. The lowest BCUT2D eigenvalue weighted by Crippen LogP contribution is -2.10. The maximum Gasteiger partial charge on any atom is 0.336 e. The molecule has 0 aliphatic rings. The van der Waals surface area contributed by atoms with Crippen molar-refractivity contribution in [2.75, 3.05) is 6.61 Å². The van der Waals surface area contributed by atoms with Crippen LogP contribution in [0.2, 0.25) is 0 Å². The summed E-state index contributed by atoms with van der Waals surface area (Å²) in [7, 11) is 0. The van der Waals surface area contributed by atoms with Gasteiger partial charge in [-0.3, -0.25) is 0 Å². The van der Waals surface area contributed by atoms with E-state index in [4.69, 9.17) is 9.15 Å². The molecule has 0 spiro atoms. The summed E-state index contributed by atoms with van der Waals surface area (Å²) in [6, 6.07) is 9.51. The largest absolute Gasteiger partial charge is 0.490 e. The smallest absolute Gasteiger partial charge is 0.336 e. The highest BCUT2D eigenvalue weighted by molar-refractivity contribution is 5.81. The summed E-state index contributed by atoms with van der Waals surface area (Å²) >= 11 is 0. The number of benzene rings is 2. The van der Waals surface area contributed by atoms with Gasteiger partial charge in [0.05, 0.1) is 0 Å². The molecular weight excluding hydrogens is 318 g/mol. The predicted molar refractivity (Wildman–Crippen MR) is 84.0 cm³/mol. The summed E-state index contributed by atoms with van der Waals surface area (Å²) in [6.45, 7) is 1.64. The molecule has 3 aromatic rings. The molecule has 1 N–H and O–H groups in total. The van der Waals surface area contributed by atoms with E-state index in [0.29, 0.717) is 11.3 Å². The van der Waals surface area contributed by atoms with Gasteiger partial charge in [-0.1, -0.05) is 6.07 Å². The van der Waals surface area contributed by atoms with Gasteiger partial charge in [0.1, 0.15) is 24.0 Å². The second-order valence-electron chi connectivity index (χ2n) is 5.41. The summed E-state index contributed by atoms with van der Waals surface area (Å²) in [5.74, 6) is -1.63. The first kappa shape index (κ1) is 16.1. The third kappa shape index (κ3) is 3.28. The van der Waals surface area contributed by atoms with Gasteiger partial charge in [0.25, 0.3) is 0 Å². The molecule has 0 aliphatic carbocycles. The van der Waals surface area contributed by atoms with E-state index >= 15 is 0 Å². The Balaban J connectivity index is 1.77. The second-order valence-corrected chi connectivity index (χ2v) is 5.41. The van der Waals surface area contributed by atoms with Crippen molar-refractivity contribution < 1.29 is 23.0 Å². The number of fused-ring (bicyclic) bond motifs is 1. The molecule has 0 saturated heterocycles. The molecule has 124 valence electrons. The van der Waals surface area contributed by atoms with E-state index in [-0.39, 0.29) is 12.2 Å². The van der Waals surface area contributed by atoms with Gasteiger partial charge in [-0.05, 0) is 42.3 Å². The van der Waals surface area contributed by atoms with Crippen molar-refractivity contribution in [1.82, 2.24) is 0 Å². The third-order valence-electron chi connectivity index (χ3n) is 3.66. The van der Waals surface area contributed by atoms with Crippen molar-refractivity contribution in [2.24, 2.45) is 0 Å². The fraction of sp³-hybridized carbons (Fsp3) is 0.167. The van der Waals surface area contributed by atoms with Gasteiger partial charge in [0.2, 0.25) is 0 Å². The summed E-state index contributed by atoms with van der Waals surface area (Å²) in [5, 5.41) is 10.8. The molecular formula is C18H14F2O4. The summed E-state index contributed by atoms with van der Waals surface area (Å²) in [6.07, 6.45) is -1.12. The van der Waals surface area contributed by atoms with Gasteiger partial charge >= 0.3 is 5.63 Å². The molecule has 0 radical (unpaired) electrons. The standard InChI is InChI=1S/C18H14F2O4/c1-10-6-18(22)24-17-8-12(3-4-13(10)17)23-9-16(21)11-2-5-14(19)15(20)7-11/h2-8,16,21H,9H2,1H3. The zero-order chi connectivity index (χ0) is 17.3. The number of hydrogen-bond acceptors (Lipinski definition) is 4. The van der Waals surface area contributed by atoms with Crippen molar-refractivity contribution in [3.63, 3.8) is 0 Å². The average molecular weight is 332 g/mol. The van der Waals surface area contributed by atoms with E-state index in [1.165, 1.54) is 12.1 Å². The molecule has 0 saturated carbocycles. The number of aliphatic hydroxyl groups is 1. The normalized spacial score (nSPS) is 12.3. The third-order valence-corrected chi connectivity index (χ3v) is 3.66. The molecule has 6 heteroatoms. The molecule has 0 fully saturated rings. The Morgan fingerprint density at radius 1 is 1.12 bits per heavy atom. The van der Waals surface area contributed by atoms with Crippen LogP contribution in [0, 0.1) is 18.6 Å². The zero-order valence-corrected chi connectivity index (χ0v) is 12.8. The van der Waals surface area contributed by atoms with Crippen LogP contribution >= 0.6 is 0 Å². The highest BCUT2D eigenvalue weighted by Crippen LogP contribution is 2.24. The number of halogens is 2. The van der Waals surface area contributed by atoms with E-state index in [0.717, 1.165) is 23.1 Å². The Morgan fingerprint density at radius 3 is 2.67 bits per heavy atom. The van der Waals surface area contributed by atoms with E-state index in [1.54, 1.807) is 25.1 Å². The molecule has 24 heavy (non-hydrogen) atoms. The van der Waals surface area contributed by atoms with Crippen molar-refractivity contribution in [3.05, 3.63) is 75.6 Å². The second kappa shape index (κ2) is 6.41. The lowest BCUT2D eigenvalue weighted by Gasteiger charge is -2.13. The highest BCUT2D eigenvalue weighted by atomic mass is 19.2. The molecule has 1 heterocycles. The highest BCUT2D eigenvalue weighted by Gasteiger charge is 2.12. The van der Waals surface area contributed by atoms with Crippen molar-refractivity contribution in [1.29, 1.82) is 0 Å². The zero-order valence-electron chi connectivity index (χ0n) is 12.8. The first-order valence-corrected chi connectivity index (χ1v) is 7.24. The van der Waals surface area contributed by atoms with Gasteiger partial charge in [0, 0.05) is 17.5 Å². The maximum atomic E-state index is 13.2. The Labute approximate surface area is 135 Å². The minimum absolute atomic E-state index is 0.160. The number of hydrogen-bond donors (Lipinski definition) is 1. The van der Waals surface area contributed by atoms with Gasteiger partial charge in [0.15, 0.2) is 11.6 Å². The van der Waals surface area contributed by atoms with E-state index in [1.807, 2.05) is 0 Å². The van der Waals surface area contributed by atoms with Crippen LogP contribution in [0.15, 0.2) is 51.7 Å². The van der Waals surface area contributed by atoms with E-state index in [2.05, 4.69) is 0 Å². The Morgan fingerprint density at radius 2 is 1.92 bits per heavy atom. The number of aryl methyl sites for hydroxylation is 1. The van der Waals surface area contributed by atoms with Gasteiger partial charge in [-0.25, -0.2) is 13.6 Å². The summed E-state index contributed by atoms with van der Waals surface area (Å²) in [4.78, 5) is 11.4. The number of aliphatic hydroxyl groups excluding tert-OH is 1. The van der Waals surface area contributed by atoms with Crippen molar-refractivity contribution >= 4 is 11.0 Å². The molecule has 0 aliphatic heterocycles. The lowest BCUT2D eigenvalue weighted by atomic mass is 10.1. The Bertz CT molecular complexity index is 949. The van der Waals surface area contributed by atoms with Crippen LogP contribution in [0.4, 0.5) is 8.78 Å². The molecule has 0 bridgehead atoms. The van der Waals surface area contributed by atoms with Crippen LogP contribution in [-0.4, -0.2) is 11.7 Å². The fourth-order valence-corrected chi connectivity index (χ4v) is 2.39. The monoisotopic (exact) mass is 332 g/mol. The van der Waals surface area contributed by atoms with Crippen LogP contribution < -0.4 is 10.4 Å². The van der Waals surface area contributed by atoms with Crippen LogP contribution in [0.3, 0.4) is 0 Å². The minimum atomic E-state index is -1.12. The van der Waals surface area contributed by atoms with Crippen LogP contribution in [-0.2, 0) is 0 Å². The van der Waals surface area contributed by atoms with Gasteiger partial charge in [-0.2, -0.15) is 0 Å². The topological polar surface area (TPSA) is 59.7 Å². The predicted octanol–water partition coefficient (Wildman–Crippen LogP) is 3.49. The average Bonchev–Trinajstić information content (AvgIpc) is 2.54. The molecule has 2 aromatic carbocycles. The number of ether oxygens (including phenoxy) is 1. The van der Waals surface area contributed by atoms with Gasteiger partial charge < -0.3 is 14.3 Å². The number of rotatable bonds is 4. The fourth-order valence-electron chi connectivity index (χ4n) is 2.39. The van der Waals surface area contributed by atoms with E-state index < -0.39 is 23.4 Å². The van der Waals surface area contributed by atoms with Crippen LogP contribution in [0.1, 0.15) is 17.2 Å². The molecule has 0 amide bonds. The molecule has 1 aromatic heterocycles. The van der Waals surface area contributed by atoms with Crippen molar-refractivity contribution in [2.45, 2.75) is 13.0 Å². The summed E-state index contributed by atoms with van der Waals surface area (Å²) in [5.41, 5.74) is 0.908. The van der Waals surface area contributed by atoms with Gasteiger partial charge in [-0.15, -0.1) is 0 Å². The first-order chi connectivity index (χ1) is 11.4. The van der Waals surface area contributed by atoms with Crippen LogP contribution in [0.25, 0.3) is 11.0 Å². The molecule has 1 unspecified atom stereocenters. The lowest BCUT2D eigenvalue weighted by molar-refractivity contribution is 0.108. The molecule has 1 atom stereocenters. The Hall–Kier alpha value is -2.73. The SMILES string of the molecule is Cc1cc(=O)oc2cc(OCC(O)c3ccc(F)c(F)c3)ccc12.